The second-order valence-electron chi connectivity index (χ2n) is 5.48. The molecule has 0 fully saturated rings. The van der Waals surface area contributed by atoms with Gasteiger partial charge in [-0.15, -0.1) is 24.0 Å². The highest BCUT2D eigenvalue weighted by Crippen LogP contribution is 2.20. The summed E-state index contributed by atoms with van der Waals surface area (Å²) in [6.07, 6.45) is 4.60. The highest BCUT2D eigenvalue weighted by molar-refractivity contribution is 14.0. The molecule has 2 aromatic rings. The molecule has 0 unspecified atom stereocenters. The highest BCUT2D eigenvalue weighted by atomic mass is 127. The Hall–Kier alpha value is -1.62. The summed E-state index contributed by atoms with van der Waals surface area (Å²) >= 11 is 3.41. The van der Waals surface area contributed by atoms with Crippen LogP contribution >= 0.6 is 39.9 Å². The van der Waals surface area contributed by atoms with Crippen LogP contribution in [0.3, 0.4) is 0 Å². The molecule has 1 amide bonds. The Bertz CT molecular complexity index is 720. The summed E-state index contributed by atoms with van der Waals surface area (Å²) in [5, 5.41) is 13.2. The number of rotatable bonds is 7. The summed E-state index contributed by atoms with van der Waals surface area (Å²) < 4.78 is 2.81. The SMILES string of the molecule is CN=C(NCCCn1cccn1)NCC(=O)Nc1cc(Br)ccc1C.I. The van der Waals surface area contributed by atoms with Crippen molar-refractivity contribution >= 4 is 57.5 Å². The minimum atomic E-state index is -0.124. The lowest BCUT2D eigenvalue weighted by Gasteiger charge is -2.13. The van der Waals surface area contributed by atoms with Crippen molar-refractivity contribution in [2.45, 2.75) is 19.9 Å². The van der Waals surface area contributed by atoms with Crippen LogP contribution < -0.4 is 16.0 Å². The van der Waals surface area contributed by atoms with E-state index in [4.69, 9.17) is 0 Å². The van der Waals surface area contributed by atoms with Crippen molar-refractivity contribution in [1.29, 1.82) is 0 Å². The Labute approximate surface area is 179 Å². The van der Waals surface area contributed by atoms with Crippen molar-refractivity contribution < 1.29 is 4.79 Å². The normalized spacial score (nSPS) is 10.8. The quantitative estimate of drug-likeness (QED) is 0.221. The molecule has 1 aromatic carbocycles. The number of aryl methyl sites for hydroxylation is 2. The van der Waals surface area contributed by atoms with Gasteiger partial charge in [-0.1, -0.05) is 22.0 Å². The lowest BCUT2D eigenvalue weighted by molar-refractivity contribution is -0.115. The van der Waals surface area contributed by atoms with Gasteiger partial charge in [0.1, 0.15) is 0 Å². The molecule has 0 atom stereocenters. The molecule has 0 aliphatic rings. The molecule has 0 saturated carbocycles. The van der Waals surface area contributed by atoms with E-state index in [2.05, 4.69) is 42.0 Å². The number of aromatic nitrogens is 2. The topological polar surface area (TPSA) is 83.3 Å². The fourth-order valence-corrected chi connectivity index (χ4v) is 2.55. The Morgan fingerprint density at radius 3 is 2.85 bits per heavy atom. The van der Waals surface area contributed by atoms with E-state index < -0.39 is 0 Å². The number of guanidine groups is 1. The first-order chi connectivity index (χ1) is 12.1. The summed E-state index contributed by atoms with van der Waals surface area (Å²) in [5.41, 5.74) is 1.81. The van der Waals surface area contributed by atoms with E-state index in [1.807, 2.05) is 42.1 Å². The van der Waals surface area contributed by atoms with Crippen LogP contribution in [0, 0.1) is 6.92 Å². The number of nitrogens with one attached hydrogen (secondary N) is 3. The fraction of sp³-hybridized carbons (Fsp3) is 0.353. The number of benzene rings is 1. The summed E-state index contributed by atoms with van der Waals surface area (Å²) in [6.45, 7) is 3.67. The first-order valence-corrected chi connectivity index (χ1v) is 8.85. The van der Waals surface area contributed by atoms with Crippen LogP contribution in [0.5, 0.6) is 0 Å². The van der Waals surface area contributed by atoms with Crippen molar-refractivity contribution in [3.8, 4) is 0 Å². The van der Waals surface area contributed by atoms with Crippen LogP contribution in [0.25, 0.3) is 0 Å². The van der Waals surface area contributed by atoms with E-state index in [9.17, 15) is 4.79 Å². The lowest BCUT2D eigenvalue weighted by Crippen LogP contribution is -2.41. The Kier molecular flexibility index (Phi) is 10.3. The fourth-order valence-electron chi connectivity index (χ4n) is 2.19. The molecule has 0 aliphatic carbocycles. The molecule has 7 nitrogen and oxygen atoms in total. The van der Waals surface area contributed by atoms with E-state index in [0.29, 0.717) is 5.96 Å². The number of amides is 1. The van der Waals surface area contributed by atoms with E-state index in [0.717, 1.165) is 35.2 Å². The summed E-state index contributed by atoms with van der Waals surface area (Å²) in [7, 11) is 1.68. The Morgan fingerprint density at radius 2 is 2.15 bits per heavy atom. The molecular formula is C17H24BrIN6O. The maximum atomic E-state index is 12.1. The number of aliphatic imine (C=N–C) groups is 1. The van der Waals surface area contributed by atoms with Crippen LogP contribution in [-0.2, 0) is 11.3 Å². The molecule has 0 bridgehead atoms. The number of hydrogen-bond acceptors (Lipinski definition) is 3. The molecule has 142 valence electrons. The molecule has 9 heteroatoms. The van der Waals surface area contributed by atoms with Crippen molar-refractivity contribution in [1.82, 2.24) is 20.4 Å². The molecule has 3 N–H and O–H groups in total. The van der Waals surface area contributed by atoms with E-state index >= 15 is 0 Å². The van der Waals surface area contributed by atoms with Gasteiger partial charge in [-0.3, -0.25) is 14.5 Å². The second-order valence-corrected chi connectivity index (χ2v) is 6.40. The third-order valence-electron chi connectivity index (χ3n) is 3.53. The van der Waals surface area contributed by atoms with Crippen LogP contribution in [0.1, 0.15) is 12.0 Å². The number of halogens is 2. The molecule has 0 aliphatic heterocycles. The van der Waals surface area contributed by atoms with Crippen LogP contribution in [-0.4, -0.2) is 41.8 Å². The van der Waals surface area contributed by atoms with Crippen molar-refractivity contribution in [3.63, 3.8) is 0 Å². The molecule has 26 heavy (non-hydrogen) atoms. The van der Waals surface area contributed by atoms with E-state index in [1.165, 1.54) is 0 Å². The smallest absolute Gasteiger partial charge is 0.243 e. The molecule has 2 rings (SSSR count). The zero-order chi connectivity index (χ0) is 18.1. The van der Waals surface area contributed by atoms with Gasteiger partial charge in [0, 0.05) is 42.7 Å². The Morgan fingerprint density at radius 1 is 1.35 bits per heavy atom. The second kappa shape index (κ2) is 11.9. The average Bonchev–Trinajstić information content (AvgIpc) is 3.11. The first-order valence-electron chi connectivity index (χ1n) is 8.06. The maximum Gasteiger partial charge on any atom is 0.243 e. The van der Waals surface area contributed by atoms with Crippen LogP contribution in [0.15, 0.2) is 46.1 Å². The first kappa shape index (κ1) is 22.4. The predicted molar refractivity (Wildman–Crippen MR) is 119 cm³/mol. The van der Waals surface area contributed by atoms with Crippen LogP contribution in [0.2, 0.25) is 0 Å². The zero-order valence-electron chi connectivity index (χ0n) is 14.8. The molecular weight excluding hydrogens is 511 g/mol. The number of carbonyl (C=O) groups excluding carboxylic acids is 1. The summed E-state index contributed by atoms with van der Waals surface area (Å²) in [5.74, 6) is 0.474. The minimum absolute atomic E-state index is 0. The minimum Gasteiger partial charge on any atom is -0.356 e. The number of carbonyl (C=O) groups is 1. The molecule has 0 saturated heterocycles. The van der Waals surface area contributed by atoms with Gasteiger partial charge >= 0.3 is 0 Å². The van der Waals surface area contributed by atoms with Gasteiger partial charge in [0.2, 0.25) is 5.91 Å². The monoisotopic (exact) mass is 534 g/mol. The summed E-state index contributed by atoms with van der Waals surface area (Å²) in [4.78, 5) is 16.2. The van der Waals surface area contributed by atoms with Crippen molar-refractivity contribution in [2.24, 2.45) is 4.99 Å². The average molecular weight is 535 g/mol. The third-order valence-corrected chi connectivity index (χ3v) is 4.02. The number of nitrogens with zero attached hydrogens (tertiary/aromatic N) is 3. The van der Waals surface area contributed by atoms with Gasteiger partial charge in [0.25, 0.3) is 0 Å². The van der Waals surface area contributed by atoms with Gasteiger partial charge in [-0.25, -0.2) is 0 Å². The molecule has 1 aromatic heterocycles. The van der Waals surface area contributed by atoms with E-state index in [1.54, 1.807) is 13.2 Å². The van der Waals surface area contributed by atoms with Gasteiger partial charge in [0.15, 0.2) is 5.96 Å². The van der Waals surface area contributed by atoms with Gasteiger partial charge < -0.3 is 16.0 Å². The van der Waals surface area contributed by atoms with E-state index in [-0.39, 0.29) is 36.4 Å². The molecule has 0 radical (unpaired) electrons. The highest BCUT2D eigenvalue weighted by Gasteiger charge is 2.06. The van der Waals surface area contributed by atoms with Crippen LogP contribution in [0.4, 0.5) is 5.69 Å². The maximum absolute atomic E-state index is 12.1. The van der Waals surface area contributed by atoms with Gasteiger partial charge in [-0.05, 0) is 37.1 Å². The number of anilines is 1. The Balaban J connectivity index is 0.00000338. The zero-order valence-corrected chi connectivity index (χ0v) is 18.7. The molecule has 0 spiro atoms. The van der Waals surface area contributed by atoms with Gasteiger partial charge in [-0.2, -0.15) is 5.10 Å². The standard InChI is InChI=1S/C17H23BrN6O.HI/c1-13-5-6-14(18)11-15(13)23-16(25)12-21-17(19-2)20-7-3-9-24-10-4-8-22-24;/h4-6,8,10-11H,3,7,9,12H2,1-2H3,(H,23,25)(H2,19,20,21);1H. The van der Waals surface area contributed by atoms with Gasteiger partial charge in [0.05, 0.1) is 6.54 Å². The molecule has 1 heterocycles. The van der Waals surface area contributed by atoms with Crippen molar-refractivity contribution in [3.05, 3.63) is 46.7 Å². The third kappa shape index (κ3) is 7.73. The largest absolute Gasteiger partial charge is 0.356 e. The number of hydrogen-bond donors (Lipinski definition) is 3. The predicted octanol–water partition coefficient (Wildman–Crippen LogP) is 2.77. The van der Waals surface area contributed by atoms with Crippen molar-refractivity contribution in [2.75, 3.05) is 25.5 Å². The lowest BCUT2D eigenvalue weighted by atomic mass is 10.2. The summed E-state index contributed by atoms with van der Waals surface area (Å²) in [6, 6.07) is 7.68.